The Morgan fingerprint density at radius 1 is 1.20 bits per heavy atom. The molecule has 1 aliphatic heterocycles. The van der Waals surface area contributed by atoms with Crippen LogP contribution in [0.25, 0.3) is 0 Å². The van der Waals surface area contributed by atoms with E-state index in [-0.39, 0.29) is 18.4 Å². The molecule has 5 rings (SSSR count). The second kappa shape index (κ2) is 5.39. The fourth-order valence-electron chi connectivity index (χ4n) is 3.75. The van der Waals surface area contributed by atoms with Crippen LogP contribution in [0.4, 0.5) is 0 Å². The van der Waals surface area contributed by atoms with E-state index >= 15 is 0 Å². The molecule has 0 amide bonds. The zero-order valence-corrected chi connectivity index (χ0v) is 14.5. The molecule has 2 aliphatic carbocycles. The third-order valence-corrected chi connectivity index (χ3v) is 6.47. The fourth-order valence-corrected chi connectivity index (χ4v) is 4.82. The summed E-state index contributed by atoms with van der Waals surface area (Å²) in [4.78, 5) is 30.3. The van der Waals surface area contributed by atoms with E-state index in [2.05, 4.69) is 4.98 Å². The van der Waals surface area contributed by atoms with Crippen molar-refractivity contribution in [3.63, 3.8) is 0 Å². The molecular weight excluding hydrogens is 338 g/mol. The summed E-state index contributed by atoms with van der Waals surface area (Å²) >= 11 is 1.40. The standard InChI is InChI=1S/C19H17NO4S/c21-13-3-1-2-12-18(13)25-17(20-12)9-16(22)19(6-7-19)11-4-5-14-15(8-11)24-10-23-14/h4-5,8H,1-3,6-7,9-10H2. The van der Waals surface area contributed by atoms with Gasteiger partial charge in [0.15, 0.2) is 17.3 Å². The largest absolute Gasteiger partial charge is 0.454 e. The molecule has 1 aromatic carbocycles. The number of fused-ring (bicyclic) bond motifs is 2. The van der Waals surface area contributed by atoms with Crippen molar-refractivity contribution in [2.24, 2.45) is 0 Å². The van der Waals surface area contributed by atoms with E-state index in [1.807, 2.05) is 18.2 Å². The van der Waals surface area contributed by atoms with E-state index in [1.165, 1.54) is 11.3 Å². The predicted octanol–water partition coefficient (Wildman–Crippen LogP) is 3.23. The Bertz CT molecular complexity index is 897. The first kappa shape index (κ1) is 15.1. The van der Waals surface area contributed by atoms with Gasteiger partial charge < -0.3 is 9.47 Å². The lowest BCUT2D eigenvalue weighted by molar-refractivity contribution is -0.120. The number of carbonyl (C=O) groups excluding carboxylic acids is 2. The first-order chi connectivity index (χ1) is 12.2. The van der Waals surface area contributed by atoms with Crippen LogP contribution >= 0.6 is 11.3 Å². The molecule has 1 aromatic heterocycles. The van der Waals surface area contributed by atoms with Crippen LogP contribution in [-0.4, -0.2) is 23.3 Å². The number of ether oxygens (including phenoxy) is 2. The topological polar surface area (TPSA) is 65.5 Å². The molecule has 1 fully saturated rings. The van der Waals surface area contributed by atoms with Crippen LogP contribution in [0.15, 0.2) is 18.2 Å². The van der Waals surface area contributed by atoms with Crippen molar-refractivity contribution >= 4 is 22.9 Å². The summed E-state index contributed by atoms with van der Waals surface area (Å²) < 4.78 is 10.8. The number of Topliss-reactive ketones (excluding diaryl/α,β-unsaturated/α-hetero) is 2. The highest BCUT2D eigenvalue weighted by Gasteiger charge is 2.51. The first-order valence-corrected chi connectivity index (χ1v) is 9.43. The van der Waals surface area contributed by atoms with Crippen molar-refractivity contribution < 1.29 is 19.1 Å². The lowest BCUT2D eigenvalue weighted by Crippen LogP contribution is -2.22. The molecule has 1 saturated carbocycles. The van der Waals surface area contributed by atoms with Crippen LogP contribution < -0.4 is 9.47 Å². The molecule has 0 spiro atoms. The molecule has 2 heterocycles. The molecule has 0 bridgehead atoms. The van der Waals surface area contributed by atoms with Gasteiger partial charge in [0.05, 0.1) is 22.4 Å². The summed E-state index contributed by atoms with van der Waals surface area (Å²) in [5, 5.41) is 0.775. The molecule has 128 valence electrons. The number of aryl methyl sites for hydroxylation is 1. The van der Waals surface area contributed by atoms with E-state index in [9.17, 15) is 9.59 Å². The Morgan fingerprint density at radius 3 is 2.84 bits per heavy atom. The Morgan fingerprint density at radius 2 is 2.04 bits per heavy atom. The van der Waals surface area contributed by atoms with Gasteiger partial charge in [-0.3, -0.25) is 9.59 Å². The number of aromatic nitrogens is 1. The van der Waals surface area contributed by atoms with Crippen LogP contribution in [0.2, 0.25) is 0 Å². The Balaban J connectivity index is 1.40. The number of carbonyl (C=O) groups is 2. The molecule has 2 aromatic rings. The minimum absolute atomic E-state index is 0.175. The molecule has 3 aliphatic rings. The average Bonchev–Trinajstić information content (AvgIpc) is 3.10. The van der Waals surface area contributed by atoms with Crippen LogP contribution in [0.1, 0.15) is 51.6 Å². The smallest absolute Gasteiger partial charge is 0.231 e. The van der Waals surface area contributed by atoms with Crippen LogP contribution in [0.3, 0.4) is 0 Å². The van der Waals surface area contributed by atoms with E-state index in [0.717, 1.165) is 52.6 Å². The van der Waals surface area contributed by atoms with E-state index in [1.54, 1.807) is 0 Å². The van der Waals surface area contributed by atoms with Gasteiger partial charge in [-0.25, -0.2) is 4.98 Å². The van der Waals surface area contributed by atoms with Crippen molar-refractivity contribution in [2.45, 2.75) is 43.9 Å². The van der Waals surface area contributed by atoms with Crippen molar-refractivity contribution in [2.75, 3.05) is 6.79 Å². The van der Waals surface area contributed by atoms with Crippen LogP contribution in [0, 0.1) is 0 Å². The van der Waals surface area contributed by atoms with Crippen molar-refractivity contribution in [3.05, 3.63) is 39.3 Å². The maximum atomic E-state index is 13.0. The van der Waals surface area contributed by atoms with Crippen molar-refractivity contribution in [1.29, 1.82) is 0 Å². The highest BCUT2D eigenvalue weighted by Crippen LogP contribution is 2.51. The lowest BCUT2D eigenvalue weighted by Gasteiger charge is -2.14. The number of benzene rings is 1. The van der Waals surface area contributed by atoms with Crippen molar-refractivity contribution in [1.82, 2.24) is 4.98 Å². The molecule has 0 unspecified atom stereocenters. The number of rotatable bonds is 4. The normalized spacial score (nSPS) is 19.6. The van der Waals surface area contributed by atoms with Gasteiger partial charge in [0.1, 0.15) is 10.8 Å². The predicted molar refractivity (Wildman–Crippen MR) is 91.6 cm³/mol. The second-order valence-electron chi connectivity index (χ2n) is 6.91. The second-order valence-corrected chi connectivity index (χ2v) is 7.99. The lowest BCUT2D eigenvalue weighted by atomic mass is 9.89. The maximum Gasteiger partial charge on any atom is 0.231 e. The van der Waals surface area contributed by atoms with Gasteiger partial charge in [-0.15, -0.1) is 11.3 Å². The molecule has 5 nitrogen and oxygen atoms in total. The fraction of sp³-hybridized carbons (Fsp3) is 0.421. The maximum absolute atomic E-state index is 13.0. The minimum atomic E-state index is -0.419. The molecular formula is C19H17NO4S. The van der Waals surface area contributed by atoms with Gasteiger partial charge in [-0.05, 0) is 43.4 Å². The molecule has 0 radical (unpaired) electrons. The first-order valence-electron chi connectivity index (χ1n) is 8.61. The Labute approximate surface area is 149 Å². The number of hydrogen-bond acceptors (Lipinski definition) is 6. The van der Waals surface area contributed by atoms with E-state index in [0.29, 0.717) is 18.6 Å². The quantitative estimate of drug-likeness (QED) is 0.842. The average molecular weight is 355 g/mol. The van der Waals surface area contributed by atoms with Gasteiger partial charge in [0.2, 0.25) is 6.79 Å². The monoisotopic (exact) mass is 355 g/mol. The highest BCUT2D eigenvalue weighted by atomic mass is 32.1. The zero-order chi connectivity index (χ0) is 17.0. The highest BCUT2D eigenvalue weighted by molar-refractivity contribution is 7.14. The number of thiazole rings is 1. The van der Waals surface area contributed by atoms with Crippen LogP contribution in [-0.2, 0) is 23.1 Å². The summed E-state index contributed by atoms with van der Waals surface area (Å²) in [6.07, 6.45) is 4.33. The minimum Gasteiger partial charge on any atom is -0.454 e. The van der Waals surface area contributed by atoms with Crippen molar-refractivity contribution in [3.8, 4) is 11.5 Å². The van der Waals surface area contributed by atoms with Gasteiger partial charge >= 0.3 is 0 Å². The summed E-state index contributed by atoms with van der Waals surface area (Å²) in [7, 11) is 0. The van der Waals surface area contributed by atoms with Crippen LogP contribution in [0.5, 0.6) is 11.5 Å². The van der Waals surface area contributed by atoms with Gasteiger partial charge in [-0.1, -0.05) is 6.07 Å². The summed E-state index contributed by atoms with van der Waals surface area (Å²) in [5.41, 5.74) is 1.47. The summed E-state index contributed by atoms with van der Waals surface area (Å²) in [6.45, 7) is 0.235. The van der Waals surface area contributed by atoms with Gasteiger partial charge in [0.25, 0.3) is 0 Å². The number of hydrogen-bond donors (Lipinski definition) is 0. The Kier molecular flexibility index (Phi) is 3.25. The molecule has 25 heavy (non-hydrogen) atoms. The third kappa shape index (κ3) is 2.39. The SMILES string of the molecule is O=C1CCCc2nc(CC(=O)C3(c4ccc5c(c4)OCO5)CC3)sc21. The molecule has 6 heteroatoms. The Hall–Kier alpha value is -2.21. The summed E-state index contributed by atoms with van der Waals surface area (Å²) in [5.74, 6) is 1.81. The molecule has 0 saturated heterocycles. The zero-order valence-electron chi connectivity index (χ0n) is 13.7. The molecule has 0 atom stereocenters. The molecule has 0 N–H and O–H groups in total. The van der Waals surface area contributed by atoms with E-state index in [4.69, 9.17) is 9.47 Å². The van der Waals surface area contributed by atoms with Gasteiger partial charge in [0, 0.05) is 6.42 Å². The third-order valence-electron chi connectivity index (χ3n) is 5.33. The van der Waals surface area contributed by atoms with Gasteiger partial charge in [-0.2, -0.15) is 0 Å². The summed E-state index contributed by atoms with van der Waals surface area (Å²) in [6, 6.07) is 5.78. The number of nitrogens with zero attached hydrogens (tertiary/aromatic N) is 1. The van der Waals surface area contributed by atoms with E-state index < -0.39 is 5.41 Å². The number of ketones is 2.